The molecular formula is C20H13ClF2N8O3S. The van der Waals surface area contributed by atoms with Crippen molar-refractivity contribution in [2.24, 2.45) is 0 Å². The zero-order valence-electron chi connectivity index (χ0n) is 17.5. The smallest absolute Gasteiger partial charge is 0.268 e. The first-order chi connectivity index (χ1) is 16.8. The van der Waals surface area contributed by atoms with Crippen LogP contribution < -0.4 is 9.46 Å². The highest BCUT2D eigenvalue weighted by Gasteiger charge is 2.26. The molecule has 1 aromatic carbocycles. The molecule has 0 saturated carbocycles. The van der Waals surface area contributed by atoms with Crippen LogP contribution in [0.1, 0.15) is 0 Å². The highest BCUT2D eigenvalue weighted by atomic mass is 35.5. The van der Waals surface area contributed by atoms with Gasteiger partial charge in [-0.05, 0) is 18.2 Å². The number of methoxy groups -OCH3 is 1. The Kier molecular flexibility index (Phi) is 5.53. The molecule has 5 rings (SSSR count). The Morgan fingerprint density at radius 2 is 1.91 bits per heavy atom. The molecule has 0 aliphatic carbocycles. The fourth-order valence-electron chi connectivity index (χ4n) is 3.38. The van der Waals surface area contributed by atoms with E-state index in [1.165, 1.54) is 31.6 Å². The number of fused-ring (bicyclic) bond motifs is 1. The standard InChI is InChI=1S/C20H13ClF2N8O3S/c1-34-20-12(6-9(21)7-26-20)35(32,33)31-18-14(23)15(27-8-28-18)10-2-3-11-16(13(10)22)29-30-17(11)19-24-4-5-25-19/h2-8H,1H3,(H,24,25)(H,29,30)(H,27,28,31). The summed E-state index contributed by atoms with van der Waals surface area (Å²) in [5.74, 6) is -2.61. The van der Waals surface area contributed by atoms with Crippen LogP contribution in [0.25, 0.3) is 33.7 Å². The lowest BCUT2D eigenvalue weighted by Gasteiger charge is -2.12. The highest BCUT2D eigenvalue weighted by molar-refractivity contribution is 7.92. The fraction of sp³-hybridized carbons (Fsp3) is 0.0500. The number of sulfonamides is 1. The molecule has 0 atom stereocenters. The first-order valence-corrected chi connectivity index (χ1v) is 11.6. The molecule has 15 heteroatoms. The van der Waals surface area contributed by atoms with Crippen LogP contribution in [0.4, 0.5) is 14.6 Å². The Hall–Kier alpha value is -4.17. The van der Waals surface area contributed by atoms with Gasteiger partial charge in [0.05, 0.1) is 12.1 Å². The van der Waals surface area contributed by atoms with Crippen LogP contribution in [-0.4, -0.2) is 50.6 Å². The van der Waals surface area contributed by atoms with E-state index < -0.39 is 38.1 Å². The van der Waals surface area contributed by atoms with E-state index >= 15 is 8.78 Å². The summed E-state index contributed by atoms with van der Waals surface area (Å²) in [6.45, 7) is 0. The fourth-order valence-corrected chi connectivity index (χ4v) is 4.76. The topological polar surface area (TPSA) is 151 Å². The third-order valence-electron chi connectivity index (χ3n) is 4.94. The van der Waals surface area contributed by atoms with Crippen molar-refractivity contribution in [2.75, 3.05) is 11.8 Å². The zero-order valence-corrected chi connectivity index (χ0v) is 19.1. The number of H-pyrrole nitrogens is 2. The number of nitrogens with one attached hydrogen (secondary N) is 3. The molecule has 11 nitrogen and oxygen atoms in total. The Morgan fingerprint density at radius 3 is 2.66 bits per heavy atom. The van der Waals surface area contributed by atoms with Gasteiger partial charge in [-0.3, -0.25) is 9.82 Å². The largest absolute Gasteiger partial charge is 0.480 e. The van der Waals surface area contributed by atoms with Crippen LogP contribution in [0.15, 0.2) is 48.0 Å². The molecule has 0 aliphatic heterocycles. The van der Waals surface area contributed by atoms with Crippen molar-refractivity contribution in [1.29, 1.82) is 0 Å². The average Bonchev–Trinajstić information content (AvgIpc) is 3.51. The van der Waals surface area contributed by atoms with E-state index in [4.69, 9.17) is 16.3 Å². The molecule has 4 aromatic heterocycles. The number of aromatic nitrogens is 7. The van der Waals surface area contributed by atoms with Gasteiger partial charge in [0.25, 0.3) is 10.0 Å². The second kappa shape index (κ2) is 8.56. The van der Waals surface area contributed by atoms with Crippen LogP contribution in [0, 0.1) is 11.6 Å². The molecule has 35 heavy (non-hydrogen) atoms. The van der Waals surface area contributed by atoms with Gasteiger partial charge in [0.2, 0.25) is 5.88 Å². The Balaban J connectivity index is 1.56. The quantitative estimate of drug-likeness (QED) is 0.308. The molecule has 0 amide bonds. The van der Waals surface area contributed by atoms with Crippen molar-refractivity contribution in [3.05, 3.63) is 59.8 Å². The Bertz CT molecular complexity index is 1680. The number of hydrogen-bond acceptors (Lipinski definition) is 8. The molecular weight excluding hydrogens is 506 g/mol. The predicted molar refractivity (Wildman–Crippen MR) is 121 cm³/mol. The van der Waals surface area contributed by atoms with Gasteiger partial charge in [-0.1, -0.05) is 11.6 Å². The summed E-state index contributed by atoms with van der Waals surface area (Å²) in [6, 6.07) is 3.90. The molecule has 3 N–H and O–H groups in total. The number of benzene rings is 1. The minimum Gasteiger partial charge on any atom is -0.480 e. The third kappa shape index (κ3) is 3.91. The van der Waals surface area contributed by atoms with Crippen molar-refractivity contribution in [3.8, 4) is 28.7 Å². The second-order valence-corrected chi connectivity index (χ2v) is 9.10. The molecule has 0 radical (unpaired) electrons. The summed E-state index contributed by atoms with van der Waals surface area (Å²) < 4.78 is 63.4. The Labute approximate surface area is 200 Å². The summed E-state index contributed by atoms with van der Waals surface area (Å²) >= 11 is 5.85. The van der Waals surface area contributed by atoms with Gasteiger partial charge in [0.1, 0.15) is 23.2 Å². The van der Waals surface area contributed by atoms with Gasteiger partial charge in [-0.2, -0.15) is 5.10 Å². The number of rotatable bonds is 6. The van der Waals surface area contributed by atoms with Crippen LogP contribution in [0.5, 0.6) is 5.88 Å². The van der Waals surface area contributed by atoms with E-state index in [9.17, 15) is 8.42 Å². The van der Waals surface area contributed by atoms with E-state index in [1.807, 2.05) is 4.72 Å². The summed E-state index contributed by atoms with van der Waals surface area (Å²) in [4.78, 5) is 17.8. The minimum absolute atomic E-state index is 0.0104. The second-order valence-electron chi connectivity index (χ2n) is 7.01. The number of anilines is 1. The van der Waals surface area contributed by atoms with E-state index in [-0.39, 0.29) is 22.0 Å². The lowest BCUT2D eigenvalue weighted by atomic mass is 10.1. The van der Waals surface area contributed by atoms with Crippen LogP contribution in [-0.2, 0) is 10.0 Å². The van der Waals surface area contributed by atoms with Crippen LogP contribution in [0.2, 0.25) is 5.02 Å². The van der Waals surface area contributed by atoms with E-state index in [0.717, 1.165) is 12.4 Å². The maximum absolute atomic E-state index is 15.4. The maximum atomic E-state index is 15.4. The molecule has 4 heterocycles. The third-order valence-corrected chi connectivity index (χ3v) is 6.48. The van der Waals surface area contributed by atoms with Gasteiger partial charge < -0.3 is 9.72 Å². The molecule has 0 bridgehead atoms. The number of ether oxygens (including phenoxy) is 1. The monoisotopic (exact) mass is 518 g/mol. The number of imidazole rings is 1. The average molecular weight is 519 g/mol. The van der Waals surface area contributed by atoms with E-state index in [2.05, 4.69) is 35.1 Å². The summed E-state index contributed by atoms with van der Waals surface area (Å²) in [6.07, 6.45) is 5.20. The normalized spacial score (nSPS) is 11.7. The van der Waals surface area contributed by atoms with E-state index in [0.29, 0.717) is 16.9 Å². The molecule has 0 unspecified atom stereocenters. The molecule has 178 valence electrons. The first-order valence-electron chi connectivity index (χ1n) is 9.69. The van der Waals surface area contributed by atoms with Gasteiger partial charge >= 0.3 is 0 Å². The molecule has 0 saturated heterocycles. The summed E-state index contributed by atoms with van der Waals surface area (Å²) in [5, 5.41) is 7.06. The van der Waals surface area contributed by atoms with Gasteiger partial charge in [0, 0.05) is 29.5 Å². The van der Waals surface area contributed by atoms with E-state index in [1.54, 1.807) is 6.20 Å². The Morgan fingerprint density at radius 1 is 1.09 bits per heavy atom. The van der Waals surface area contributed by atoms with Crippen molar-refractivity contribution < 1.29 is 21.9 Å². The SMILES string of the molecule is COc1ncc(Cl)cc1S(=O)(=O)Nc1ncnc(-c2ccc3c(-c4ncc[nH]4)n[nH]c3c2F)c1F. The van der Waals surface area contributed by atoms with Crippen molar-refractivity contribution in [1.82, 2.24) is 35.1 Å². The highest BCUT2D eigenvalue weighted by Crippen LogP contribution is 2.34. The minimum atomic E-state index is -4.44. The number of nitrogens with zero attached hydrogens (tertiary/aromatic N) is 5. The lowest BCUT2D eigenvalue weighted by molar-refractivity contribution is 0.385. The predicted octanol–water partition coefficient (Wildman–Crippen LogP) is 3.55. The molecule has 0 spiro atoms. The van der Waals surface area contributed by atoms with Crippen LogP contribution >= 0.6 is 11.6 Å². The number of halogens is 3. The first kappa shape index (κ1) is 22.6. The summed E-state index contributed by atoms with van der Waals surface area (Å²) in [5.41, 5.74) is -0.350. The van der Waals surface area contributed by atoms with Gasteiger partial charge in [0.15, 0.2) is 28.2 Å². The van der Waals surface area contributed by atoms with Gasteiger partial charge in [-0.15, -0.1) is 0 Å². The maximum Gasteiger partial charge on any atom is 0.268 e. The molecule has 0 aliphatic rings. The molecule has 5 aromatic rings. The zero-order chi connectivity index (χ0) is 24.7. The number of hydrogen-bond donors (Lipinski definition) is 3. The lowest BCUT2D eigenvalue weighted by Crippen LogP contribution is -2.17. The van der Waals surface area contributed by atoms with Crippen LogP contribution in [0.3, 0.4) is 0 Å². The number of aromatic amines is 2. The van der Waals surface area contributed by atoms with Crippen molar-refractivity contribution in [2.45, 2.75) is 4.90 Å². The summed E-state index contributed by atoms with van der Waals surface area (Å²) in [7, 11) is -3.23. The number of pyridine rings is 1. The molecule has 0 fully saturated rings. The van der Waals surface area contributed by atoms with Crippen molar-refractivity contribution in [3.63, 3.8) is 0 Å². The van der Waals surface area contributed by atoms with Gasteiger partial charge in [-0.25, -0.2) is 37.1 Å². The van der Waals surface area contributed by atoms with Crippen molar-refractivity contribution >= 4 is 38.3 Å².